The van der Waals surface area contributed by atoms with Crippen molar-refractivity contribution in [2.45, 2.75) is 19.3 Å². The average Bonchev–Trinajstić information content (AvgIpc) is 3.35. The van der Waals surface area contributed by atoms with Crippen molar-refractivity contribution in [1.29, 1.82) is 0 Å². The number of H-pyrrole nitrogens is 1. The molecule has 136 valence electrons. The number of piperidine rings is 1. The van der Waals surface area contributed by atoms with Crippen molar-refractivity contribution in [3.05, 3.63) is 36.2 Å². The number of amides is 1. The van der Waals surface area contributed by atoms with E-state index in [1.54, 1.807) is 6.07 Å². The second-order valence-electron chi connectivity index (χ2n) is 6.46. The Hall–Kier alpha value is -2.80. The maximum atomic E-state index is 12.6. The minimum Gasteiger partial charge on any atom is -0.451 e. The Labute approximate surface area is 151 Å². The van der Waals surface area contributed by atoms with E-state index >= 15 is 0 Å². The van der Waals surface area contributed by atoms with Crippen LogP contribution in [0.5, 0.6) is 0 Å². The van der Waals surface area contributed by atoms with Crippen molar-refractivity contribution < 1.29 is 14.3 Å². The van der Waals surface area contributed by atoms with Crippen molar-refractivity contribution >= 4 is 22.8 Å². The van der Waals surface area contributed by atoms with E-state index in [1.807, 2.05) is 29.3 Å². The van der Waals surface area contributed by atoms with E-state index in [0.29, 0.717) is 23.9 Å². The molecule has 3 aromatic rings. The standard InChI is InChI=1S/C19H22N4O3/c24-11-8-20-17-12-14(13-6-7-21-18(13)22-17)15-4-5-16(26-15)19(25)23-9-2-1-3-10-23/h4-7,12,24H,1-3,8-11H2,(H2,20,21,22). The van der Waals surface area contributed by atoms with Gasteiger partial charge in [-0.3, -0.25) is 4.79 Å². The molecule has 0 unspecified atom stereocenters. The number of fused-ring (bicyclic) bond motifs is 1. The topological polar surface area (TPSA) is 94.4 Å². The number of furan rings is 1. The molecular weight excluding hydrogens is 332 g/mol. The molecule has 4 rings (SSSR count). The lowest BCUT2D eigenvalue weighted by atomic mass is 10.1. The molecule has 1 fully saturated rings. The zero-order valence-electron chi connectivity index (χ0n) is 14.5. The maximum Gasteiger partial charge on any atom is 0.289 e. The Morgan fingerprint density at radius 2 is 2.12 bits per heavy atom. The lowest BCUT2D eigenvalue weighted by Crippen LogP contribution is -2.35. The van der Waals surface area contributed by atoms with Gasteiger partial charge >= 0.3 is 0 Å². The van der Waals surface area contributed by atoms with Gasteiger partial charge in [0.05, 0.1) is 6.61 Å². The Morgan fingerprint density at radius 1 is 1.27 bits per heavy atom. The molecule has 7 nitrogen and oxygen atoms in total. The zero-order valence-corrected chi connectivity index (χ0v) is 14.5. The Morgan fingerprint density at radius 3 is 2.92 bits per heavy atom. The van der Waals surface area contributed by atoms with Crippen molar-refractivity contribution in [2.24, 2.45) is 0 Å². The molecule has 1 saturated heterocycles. The van der Waals surface area contributed by atoms with Crippen LogP contribution in [0, 0.1) is 0 Å². The molecule has 0 saturated carbocycles. The first kappa shape index (κ1) is 16.7. The number of carbonyl (C=O) groups excluding carboxylic acids is 1. The number of aromatic nitrogens is 2. The number of rotatable bonds is 5. The average molecular weight is 354 g/mol. The molecule has 7 heteroatoms. The van der Waals surface area contributed by atoms with E-state index in [1.165, 1.54) is 6.42 Å². The summed E-state index contributed by atoms with van der Waals surface area (Å²) < 4.78 is 5.91. The molecule has 3 aromatic heterocycles. The number of likely N-dealkylation sites (tertiary alicyclic amines) is 1. The largest absolute Gasteiger partial charge is 0.451 e. The molecule has 0 aliphatic carbocycles. The van der Waals surface area contributed by atoms with Gasteiger partial charge in [0.1, 0.15) is 17.2 Å². The third-order valence-corrected chi connectivity index (χ3v) is 4.67. The molecule has 1 amide bonds. The number of nitrogens with one attached hydrogen (secondary N) is 2. The van der Waals surface area contributed by atoms with E-state index in [9.17, 15) is 4.79 Å². The molecular formula is C19H22N4O3. The normalized spacial score (nSPS) is 14.7. The van der Waals surface area contributed by atoms with E-state index in [-0.39, 0.29) is 12.5 Å². The van der Waals surface area contributed by atoms with Gasteiger partial charge in [-0.2, -0.15) is 0 Å². The summed E-state index contributed by atoms with van der Waals surface area (Å²) in [6.07, 6.45) is 5.10. The Kier molecular flexibility index (Phi) is 4.62. The second kappa shape index (κ2) is 7.21. The minimum absolute atomic E-state index is 0.0228. The summed E-state index contributed by atoms with van der Waals surface area (Å²) in [5.41, 5.74) is 1.58. The lowest BCUT2D eigenvalue weighted by Gasteiger charge is -2.25. The first-order valence-electron chi connectivity index (χ1n) is 8.98. The highest BCUT2D eigenvalue weighted by atomic mass is 16.4. The van der Waals surface area contributed by atoms with Crippen LogP contribution in [0.25, 0.3) is 22.4 Å². The Balaban J connectivity index is 1.66. The number of hydrogen-bond donors (Lipinski definition) is 3. The third-order valence-electron chi connectivity index (χ3n) is 4.67. The molecule has 4 heterocycles. The molecule has 0 bridgehead atoms. The number of nitrogens with zero attached hydrogens (tertiary/aromatic N) is 2. The molecule has 1 aliphatic heterocycles. The summed E-state index contributed by atoms with van der Waals surface area (Å²) in [7, 11) is 0. The van der Waals surface area contributed by atoms with Gasteiger partial charge in [-0.1, -0.05) is 0 Å². The van der Waals surface area contributed by atoms with Gasteiger partial charge in [-0.25, -0.2) is 4.98 Å². The van der Waals surface area contributed by atoms with Crippen LogP contribution in [0.4, 0.5) is 5.82 Å². The van der Waals surface area contributed by atoms with Crippen molar-refractivity contribution in [1.82, 2.24) is 14.9 Å². The van der Waals surface area contributed by atoms with Crippen LogP contribution in [-0.4, -0.2) is 52.1 Å². The van der Waals surface area contributed by atoms with Crippen LogP contribution < -0.4 is 5.32 Å². The van der Waals surface area contributed by atoms with E-state index in [4.69, 9.17) is 9.52 Å². The van der Waals surface area contributed by atoms with Gasteiger partial charge in [-0.15, -0.1) is 0 Å². The second-order valence-corrected chi connectivity index (χ2v) is 6.46. The van der Waals surface area contributed by atoms with Crippen LogP contribution >= 0.6 is 0 Å². The highest BCUT2D eigenvalue weighted by molar-refractivity contribution is 5.95. The van der Waals surface area contributed by atoms with Crippen LogP contribution in [0.3, 0.4) is 0 Å². The fourth-order valence-corrected chi connectivity index (χ4v) is 3.37. The number of pyridine rings is 1. The summed E-state index contributed by atoms with van der Waals surface area (Å²) in [5.74, 6) is 1.59. The van der Waals surface area contributed by atoms with Crippen molar-refractivity contribution in [3.63, 3.8) is 0 Å². The molecule has 0 aromatic carbocycles. The number of hydrogen-bond acceptors (Lipinski definition) is 5. The zero-order chi connectivity index (χ0) is 17.9. The third kappa shape index (κ3) is 3.17. The highest BCUT2D eigenvalue weighted by Crippen LogP contribution is 2.31. The van der Waals surface area contributed by atoms with Gasteiger partial charge in [-0.05, 0) is 43.5 Å². The fraction of sp³-hybridized carbons (Fsp3) is 0.368. The van der Waals surface area contributed by atoms with Crippen molar-refractivity contribution in [3.8, 4) is 11.3 Å². The van der Waals surface area contributed by atoms with Gasteiger partial charge in [0.25, 0.3) is 5.91 Å². The van der Waals surface area contributed by atoms with Gasteiger partial charge in [0, 0.05) is 36.8 Å². The van der Waals surface area contributed by atoms with E-state index in [0.717, 1.165) is 42.5 Å². The summed E-state index contributed by atoms with van der Waals surface area (Å²) >= 11 is 0. The monoisotopic (exact) mass is 354 g/mol. The van der Waals surface area contributed by atoms with E-state index in [2.05, 4.69) is 15.3 Å². The number of aromatic amines is 1. The van der Waals surface area contributed by atoms with E-state index < -0.39 is 0 Å². The van der Waals surface area contributed by atoms with Crippen LogP contribution in [0.2, 0.25) is 0 Å². The van der Waals surface area contributed by atoms with Gasteiger partial charge < -0.3 is 24.7 Å². The van der Waals surface area contributed by atoms with Crippen LogP contribution in [-0.2, 0) is 0 Å². The van der Waals surface area contributed by atoms with Crippen LogP contribution in [0.15, 0.2) is 34.9 Å². The van der Waals surface area contributed by atoms with Crippen LogP contribution in [0.1, 0.15) is 29.8 Å². The predicted octanol–water partition coefficient (Wildman–Crippen LogP) is 2.85. The molecule has 3 N–H and O–H groups in total. The summed E-state index contributed by atoms with van der Waals surface area (Å²) in [6, 6.07) is 7.38. The highest BCUT2D eigenvalue weighted by Gasteiger charge is 2.22. The maximum absolute atomic E-state index is 12.6. The molecule has 1 aliphatic rings. The predicted molar refractivity (Wildman–Crippen MR) is 99.1 cm³/mol. The summed E-state index contributed by atoms with van der Waals surface area (Å²) in [6.45, 7) is 2.02. The fourth-order valence-electron chi connectivity index (χ4n) is 3.37. The minimum atomic E-state index is -0.0473. The molecule has 0 radical (unpaired) electrons. The summed E-state index contributed by atoms with van der Waals surface area (Å²) in [4.78, 5) is 22.1. The Bertz CT molecular complexity index is 909. The van der Waals surface area contributed by atoms with Gasteiger partial charge in [0.15, 0.2) is 5.76 Å². The molecule has 26 heavy (non-hydrogen) atoms. The summed E-state index contributed by atoms with van der Waals surface area (Å²) in [5, 5.41) is 13.0. The molecule has 0 spiro atoms. The number of aliphatic hydroxyl groups is 1. The number of aliphatic hydroxyl groups excluding tert-OH is 1. The number of carbonyl (C=O) groups is 1. The first-order valence-corrected chi connectivity index (χ1v) is 8.98. The first-order chi connectivity index (χ1) is 12.8. The SMILES string of the molecule is O=C(c1ccc(-c2cc(NCCO)nc3[nH]ccc23)o1)N1CCCCC1. The molecule has 0 atom stereocenters. The quantitative estimate of drug-likeness (QED) is 0.655. The lowest BCUT2D eigenvalue weighted by molar-refractivity contribution is 0.0693. The van der Waals surface area contributed by atoms with Crippen molar-refractivity contribution in [2.75, 3.05) is 31.6 Å². The smallest absolute Gasteiger partial charge is 0.289 e. The van der Waals surface area contributed by atoms with Gasteiger partial charge in [0.2, 0.25) is 0 Å². The number of anilines is 1.